The lowest BCUT2D eigenvalue weighted by atomic mass is 10.1. The molecule has 4 nitrogen and oxygen atoms in total. The lowest BCUT2D eigenvalue weighted by Gasteiger charge is -2.15. The summed E-state index contributed by atoms with van der Waals surface area (Å²) in [5.41, 5.74) is 4.08. The van der Waals surface area contributed by atoms with Crippen molar-refractivity contribution in [2.75, 3.05) is 0 Å². The number of aryl methyl sites for hydroxylation is 1. The van der Waals surface area contributed by atoms with E-state index in [0.717, 1.165) is 32.0 Å². The summed E-state index contributed by atoms with van der Waals surface area (Å²) in [6.07, 6.45) is 1.23. The minimum absolute atomic E-state index is 0.386. The van der Waals surface area contributed by atoms with Gasteiger partial charge in [0.2, 0.25) is 0 Å². The maximum absolute atomic E-state index is 11.4. The standard InChI is InChI=1S/C32H24ClNO3S/c1-3-30(32(35)36)37-31-16-15-28(18-22(31)2)38-29-20-24(8-7-23-9-12-26(33)13-10-23)19-25(21-29)11-14-27-6-4-5-17-34-27/h4-6,9-10,12-13,15-21,30H,3H2,1-2H3,(H,35,36). The fourth-order valence-corrected chi connectivity index (χ4v) is 4.61. The third-order valence-corrected chi connectivity index (χ3v) is 6.61. The van der Waals surface area contributed by atoms with E-state index >= 15 is 0 Å². The maximum Gasteiger partial charge on any atom is 0.344 e. The van der Waals surface area contributed by atoms with Crippen molar-refractivity contribution in [1.29, 1.82) is 0 Å². The van der Waals surface area contributed by atoms with E-state index in [1.165, 1.54) is 0 Å². The first-order chi connectivity index (χ1) is 18.4. The number of rotatable bonds is 6. The van der Waals surface area contributed by atoms with Gasteiger partial charge in [0.15, 0.2) is 6.10 Å². The first-order valence-electron chi connectivity index (χ1n) is 11.9. The number of carbonyl (C=O) groups is 1. The van der Waals surface area contributed by atoms with Crippen molar-refractivity contribution in [2.45, 2.75) is 36.2 Å². The van der Waals surface area contributed by atoms with Gasteiger partial charge in [-0.2, -0.15) is 0 Å². The summed E-state index contributed by atoms with van der Waals surface area (Å²) in [5, 5.41) is 9.98. The van der Waals surface area contributed by atoms with Gasteiger partial charge in [0, 0.05) is 37.7 Å². The van der Waals surface area contributed by atoms with Crippen LogP contribution in [0.3, 0.4) is 0 Å². The molecule has 0 aliphatic heterocycles. The zero-order valence-electron chi connectivity index (χ0n) is 20.9. The number of hydrogen-bond donors (Lipinski definition) is 1. The van der Waals surface area contributed by atoms with Gasteiger partial charge in [-0.05, 0) is 97.6 Å². The van der Waals surface area contributed by atoms with E-state index in [1.807, 2.05) is 85.8 Å². The van der Waals surface area contributed by atoms with Gasteiger partial charge in [-0.3, -0.25) is 0 Å². The molecule has 1 atom stereocenters. The molecule has 0 bridgehead atoms. The van der Waals surface area contributed by atoms with Crippen LogP contribution in [0.5, 0.6) is 5.75 Å². The van der Waals surface area contributed by atoms with Crippen LogP contribution in [-0.2, 0) is 4.79 Å². The Morgan fingerprint density at radius 3 is 2.26 bits per heavy atom. The number of aromatic nitrogens is 1. The Kier molecular flexibility index (Phi) is 9.11. The van der Waals surface area contributed by atoms with Crippen LogP contribution < -0.4 is 4.74 Å². The molecule has 1 N–H and O–H groups in total. The van der Waals surface area contributed by atoms with Gasteiger partial charge in [0.25, 0.3) is 0 Å². The van der Waals surface area contributed by atoms with E-state index in [4.69, 9.17) is 16.3 Å². The average molecular weight is 538 g/mol. The first-order valence-corrected chi connectivity index (χ1v) is 13.1. The molecule has 0 saturated carbocycles. The lowest BCUT2D eigenvalue weighted by molar-refractivity contribution is -0.145. The molecule has 0 aliphatic rings. The Morgan fingerprint density at radius 2 is 1.63 bits per heavy atom. The third kappa shape index (κ3) is 7.67. The molecule has 0 aliphatic carbocycles. The largest absolute Gasteiger partial charge is 0.479 e. The highest BCUT2D eigenvalue weighted by atomic mass is 35.5. The third-order valence-electron chi connectivity index (χ3n) is 5.40. The number of halogens is 1. The summed E-state index contributed by atoms with van der Waals surface area (Å²) in [5.74, 6) is 12.3. The van der Waals surface area contributed by atoms with Crippen LogP contribution in [0.4, 0.5) is 0 Å². The van der Waals surface area contributed by atoms with Crippen LogP contribution in [0, 0.1) is 30.6 Å². The van der Waals surface area contributed by atoms with Crippen LogP contribution in [0.25, 0.3) is 0 Å². The highest BCUT2D eigenvalue weighted by Gasteiger charge is 2.17. The fraction of sp³-hybridized carbons (Fsp3) is 0.125. The minimum atomic E-state index is -0.971. The molecule has 4 rings (SSSR count). The van der Waals surface area contributed by atoms with Gasteiger partial charge in [-0.1, -0.05) is 54.1 Å². The van der Waals surface area contributed by atoms with E-state index < -0.39 is 12.1 Å². The van der Waals surface area contributed by atoms with E-state index in [9.17, 15) is 9.90 Å². The molecule has 6 heteroatoms. The second-order valence-corrected chi connectivity index (χ2v) is 9.93. The van der Waals surface area contributed by atoms with E-state index in [2.05, 4.69) is 28.7 Å². The van der Waals surface area contributed by atoms with Gasteiger partial charge in [0.05, 0.1) is 0 Å². The Morgan fingerprint density at radius 1 is 0.921 bits per heavy atom. The quantitative estimate of drug-likeness (QED) is 0.263. The molecule has 38 heavy (non-hydrogen) atoms. The second-order valence-electron chi connectivity index (χ2n) is 8.35. The van der Waals surface area contributed by atoms with Crippen molar-refractivity contribution in [3.8, 4) is 29.4 Å². The number of aliphatic carboxylic acids is 1. The zero-order valence-corrected chi connectivity index (χ0v) is 22.4. The number of carboxylic acids is 1. The van der Waals surface area contributed by atoms with Crippen molar-refractivity contribution in [3.63, 3.8) is 0 Å². The molecular weight excluding hydrogens is 514 g/mol. The molecule has 188 valence electrons. The number of carboxylic acid groups (broad SMARTS) is 1. The molecule has 0 saturated heterocycles. The monoisotopic (exact) mass is 537 g/mol. The molecule has 0 spiro atoms. The van der Waals surface area contributed by atoms with Gasteiger partial charge in [-0.25, -0.2) is 9.78 Å². The molecule has 0 amide bonds. The molecule has 0 fully saturated rings. The fourth-order valence-electron chi connectivity index (χ4n) is 3.47. The van der Waals surface area contributed by atoms with Crippen LogP contribution in [0.2, 0.25) is 5.02 Å². The number of benzene rings is 3. The SMILES string of the molecule is CCC(Oc1ccc(Sc2cc(C#Cc3ccc(Cl)cc3)cc(C#Cc3ccccn3)c2)cc1C)C(=O)O. The van der Waals surface area contributed by atoms with Crippen molar-refractivity contribution in [3.05, 3.63) is 118 Å². The second kappa shape index (κ2) is 12.9. The van der Waals surface area contributed by atoms with Crippen molar-refractivity contribution < 1.29 is 14.6 Å². The smallest absolute Gasteiger partial charge is 0.344 e. The minimum Gasteiger partial charge on any atom is -0.479 e. The van der Waals surface area contributed by atoms with Crippen molar-refractivity contribution >= 4 is 29.3 Å². The predicted octanol–water partition coefficient (Wildman–Crippen LogP) is 7.24. The lowest BCUT2D eigenvalue weighted by Crippen LogP contribution is -2.26. The summed E-state index contributed by atoms with van der Waals surface area (Å²) in [7, 11) is 0. The Bertz CT molecular complexity index is 1560. The Labute approximate surface area is 232 Å². The summed E-state index contributed by atoms with van der Waals surface area (Å²) >= 11 is 7.57. The summed E-state index contributed by atoms with van der Waals surface area (Å²) < 4.78 is 5.70. The zero-order chi connectivity index (χ0) is 26.9. The Balaban J connectivity index is 1.64. The molecule has 4 aromatic rings. The summed E-state index contributed by atoms with van der Waals surface area (Å²) in [4.78, 5) is 17.6. The molecule has 0 radical (unpaired) electrons. The summed E-state index contributed by atoms with van der Waals surface area (Å²) in [6.45, 7) is 3.70. The Hall–Kier alpha value is -4.16. The number of nitrogens with zero attached hydrogens (tertiary/aromatic N) is 1. The molecule has 3 aromatic carbocycles. The van der Waals surface area contributed by atoms with Gasteiger partial charge >= 0.3 is 5.97 Å². The van der Waals surface area contributed by atoms with E-state index in [0.29, 0.717) is 22.9 Å². The number of pyridine rings is 1. The normalized spacial score (nSPS) is 10.9. The van der Waals surface area contributed by atoms with Gasteiger partial charge in [-0.15, -0.1) is 0 Å². The highest BCUT2D eigenvalue weighted by Crippen LogP contribution is 2.32. The van der Waals surface area contributed by atoms with Crippen molar-refractivity contribution in [2.24, 2.45) is 0 Å². The summed E-state index contributed by atoms with van der Waals surface area (Å²) in [6, 6.07) is 24.8. The van der Waals surface area contributed by atoms with E-state index in [-0.39, 0.29) is 0 Å². The van der Waals surface area contributed by atoms with Crippen LogP contribution in [-0.4, -0.2) is 22.2 Å². The average Bonchev–Trinajstić information content (AvgIpc) is 2.91. The van der Waals surface area contributed by atoms with E-state index in [1.54, 1.807) is 24.9 Å². The topological polar surface area (TPSA) is 59.4 Å². The van der Waals surface area contributed by atoms with Gasteiger partial charge < -0.3 is 9.84 Å². The molecule has 1 unspecified atom stereocenters. The highest BCUT2D eigenvalue weighted by molar-refractivity contribution is 7.99. The van der Waals surface area contributed by atoms with Crippen LogP contribution in [0.15, 0.2) is 94.9 Å². The predicted molar refractivity (Wildman–Crippen MR) is 152 cm³/mol. The van der Waals surface area contributed by atoms with Crippen LogP contribution in [0.1, 0.15) is 41.3 Å². The van der Waals surface area contributed by atoms with Crippen molar-refractivity contribution in [1.82, 2.24) is 4.98 Å². The molecule has 1 aromatic heterocycles. The maximum atomic E-state index is 11.4. The van der Waals surface area contributed by atoms with Gasteiger partial charge in [0.1, 0.15) is 11.4 Å². The number of hydrogen-bond acceptors (Lipinski definition) is 4. The number of ether oxygens (including phenoxy) is 1. The molecule has 1 heterocycles. The molecular formula is C32H24ClNO3S. The first kappa shape index (κ1) is 26.9. The van der Waals surface area contributed by atoms with Crippen LogP contribution >= 0.6 is 23.4 Å².